The molecule has 9 nitrogen and oxygen atoms in total. The van der Waals surface area contributed by atoms with Crippen LogP contribution in [0.1, 0.15) is 37.7 Å². The Bertz CT molecular complexity index is 1130. The van der Waals surface area contributed by atoms with Crippen LogP contribution < -0.4 is 20.9 Å². The third-order valence-corrected chi connectivity index (χ3v) is 6.97. The molecule has 1 saturated carbocycles. The highest BCUT2D eigenvalue weighted by Gasteiger charge is 2.24. The molecular formula is C25H31ClN8O. The molecule has 1 amide bonds. The maximum atomic E-state index is 12.2. The first-order valence-corrected chi connectivity index (χ1v) is 12.2. The number of hydrogen-bond acceptors (Lipinski definition) is 8. The molecular weight excluding hydrogens is 464 g/mol. The van der Waals surface area contributed by atoms with Crippen molar-refractivity contribution >= 4 is 46.3 Å². The molecule has 2 heterocycles. The number of nitrogens with one attached hydrogen (secondary N) is 3. The van der Waals surface area contributed by atoms with Crippen LogP contribution >= 0.6 is 11.6 Å². The van der Waals surface area contributed by atoms with E-state index < -0.39 is 0 Å². The molecule has 1 aliphatic carbocycles. The highest BCUT2D eigenvalue weighted by molar-refractivity contribution is 6.34. The first-order chi connectivity index (χ1) is 16.9. The smallest absolute Gasteiger partial charge is 0.247 e. The highest BCUT2D eigenvalue weighted by atomic mass is 35.5. The monoisotopic (exact) mass is 494 g/mol. The van der Waals surface area contributed by atoms with Crippen LogP contribution in [0.2, 0.25) is 5.02 Å². The fourth-order valence-corrected chi connectivity index (χ4v) is 4.60. The number of carbonyl (C=O) groups is 1. The molecule has 2 aromatic rings. The number of anilines is 5. The molecule has 0 atom stereocenters. The van der Waals surface area contributed by atoms with Crippen molar-refractivity contribution in [3.63, 3.8) is 0 Å². The summed E-state index contributed by atoms with van der Waals surface area (Å²) in [6.07, 6.45) is 8.06. The normalized spacial score (nSPS) is 16.4. The van der Waals surface area contributed by atoms with E-state index in [4.69, 9.17) is 11.6 Å². The lowest BCUT2D eigenvalue weighted by molar-refractivity contribution is -0.111. The Labute approximate surface area is 211 Å². The molecule has 10 heteroatoms. The van der Waals surface area contributed by atoms with E-state index in [1.807, 2.05) is 6.07 Å². The number of hydrogen-bond donors (Lipinski definition) is 3. The van der Waals surface area contributed by atoms with Crippen LogP contribution in [0.5, 0.6) is 0 Å². The first-order valence-electron chi connectivity index (χ1n) is 11.9. The molecule has 2 fully saturated rings. The summed E-state index contributed by atoms with van der Waals surface area (Å²) >= 11 is 6.72. The first kappa shape index (κ1) is 24.8. The van der Waals surface area contributed by atoms with Crippen molar-refractivity contribution in [1.82, 2.24) is 14.9 Å². The highest BCUT2D eigenvalue weighted by Crippen LogP contribution is 2.38. The number of halogens is 1. The Morgan fingerprint density at radius 3 is 2.60 bits per heavy atom. The van der Waals surface area contributed by atoms with Gasteiger partial charge < -0.3 is 25.8 Å². The largest absolute Gasteiger partial charge is 0.370 e. The summed E-state index contributed by atoms with van der Waals surface area (Å²) in [6, 6.07) is 6.64. The second-order valence-electron chi connectivity index (χ2n) is 9.19. The summed E-state index contributed by atoms with van der Waals surface area (Å²) in [7, 11) is 4.21. The molecule has 1 saturated heterocycles. The predicted molar refractivity (Wildman–Crippen MR) is 140 cm³/mol. The van der Waals surface area contributed by atoms with Crippen LogP contribution in [-0.4, -0.2) is 60.0 Å². The van der Waals surface area contributed by atoms with Crippen LogP contribution in [-0.2, 0) is 4.79 Å². The Balaban J connectivity index is 1.61. The number of rotatable bonds is 8. The van der Waals surface area contributed by atoms with Crippen LogP contribution in [0.4, 0.5) is 28.8 Å². The summed E-state index contributed by atoms with van der Waals surface area (Å²) in [5.41, 5.74) is 2.35. The van der Waals surface area contributed by atoms with E-state index in [1.54, 1.807) is 6.07 Å². The molecule has 2 aliphatic rings. The topological polar surface area (TPSA) is 109 Å². The molecule has 4 rings (SSSR count). The van der Waals surface area contributed by atoms with Gasteiger partial charge in [0, 0.05) is 25.2 Å². The van der Waals surface area contributed by atoms with E-state index in [-0.39, 0.29) is 5.91 Å². The predicted octanol–water partition coefficient (Wildman–Crippen LogP) is 4.36. The number of aromatic nitrogens is 2. The lowest BCUT2D eigenvalue weighted by Crippen LogP contribution is -2.42. The van der Waals surface area contributed by atoms with Gasteiger partial charge in [-0.3, -0.25) is 4.79 Å². The van der Waals surface area contributed by atoms with Crippen LogP contribution in [0.15, 0.2) is 31.0 Å². The average molecular weight is 495 g/mol. The van der Waals surface area contributed by atoms with Gasteiger partial charge in [-0.25, -0.2) is 4.98 Å². The minimum absolute atomic E-state index is 0.301. The standard InChI is InChI=1S/C25H31ClN8O/c1-4-23(35)30-21-13-22(34-10-8-18(9-11-34)33(2)3)19(26)12-20(21)31-25-28-15-16(14-27)24(32-25)29-17-6-5-7-17/h4,12-13,15,17-18H,1,5-11H2,2-3H3,(H,30,35)(H2,28,29,31,32). The third kappa shape index (κ3) is 5.84. The molecule has 3 N–H and O–H groups in total. The van der Waals surface area contributed by atoms with Gasteiger partial charge in [0.25, 0.3) is 0 Å². The number of carbonyl (C=O) groups excluding carboxylic acids is 1. The van der Waals surface area contributed by atoms with Crippen molar-refractivity contribution in [2.75, 3.05) is 48.0 Å². The van der Waals surface area contributed by atoms with Gasteiger partial charge in [-0.15, -0.1) is 0 Å². The minimum atomic E-state index is -0.333. The molecule has 184 valence electrons. The molecule has 1 aliphatic heterocycles. The maximum absolute atomic E-state index is 12.2. The van der Waals surface area contributed by atoms with E-state index >= 15 is 0 Å². The van der Waals surface area contributed by atoms with Crippen LogP contribution in [0.3, 0.4) is 0 Å². The Morgan fingerprint density at radius 2 is 2.00 bits per heavy atom. The van der Waals surface area contributed by atoms with Gasteiger partial charge in [0.15, 0.2) is 0 Å². The van der Waals surface area contributed by atoms with Gasteiger partial charge in [0.1, 0.15) is 17.5 Å². The lowest BCUT2D eigenvalue weighted by Gasteiger charge is -2.37. The number of nitriles is 1. The number of nitrogens with zero attached hydrogens (tertiary/aromatic N) is 5. The van der Waals surface area contributed by atoms with Crippen molar-refractivity contribution in [3.05, 3.63) is 41.6 Å². The zero-order chi connectivity index (χ0) is 24.9. The van der Waals surface area contributed by atoms with Gasteiger partial charge in [-0.05, 0) is 64.4 Å². The number of amides is 1. The maximum Gasteiger partial charge on any atom is 0.247 e. The van der Waals surface area contributed by atoms with Crippen molar-refractivity contribution in [1.29, 1.82) is 5.26 Å². The second-order valence-corrected chi connectivity index (χ2v) is 9.60. The average Bonchev–Trinajstić information content (AvgIpc) is 2.83. The number of benzene rings is 1. The Kier molecular flexibility index (Phi) is 7.73. The SMILES string of the molecule is C=CC(=O)Nc1cc(N2CCC(N(C)C)CC2)c(Cl)cc1Nc1ncc(C#N)c(NC2CCC2)n1. The summed E-state index contributed by atoms with van der Waals surface area (Å²) in [4.78, 5) is 25.5. The Hall–Kier alpha value is -3.35. The molecule has 0 bridgehead atoms. The van der Waals surface area contributed by atoms with Crippen molar-refractivity contribution in [2.24, 2.45) is 0 Å². The fraction of sp³-hybridized carbons (Fsp3) is 0.440. The van der Waals surface area contributed by atoms with Gasteiger partial charge in [-0.2, -0.15) is 10.2 Å². The van der Waals surface area contributed by atoms with Crippen molar-refractivity contribution in [3.8, 4) is 6.07 Å². The van der Waals surface area contributed by atoms with E-state index in [1.165, 1.54) is 18.7 Å². The number of piperidine rings is 1. The molecule has 1 aromatic carbocycles. The second kappa shape index (κ2) is 10.9. The molecule has 0 spiro atoms. The summed E-state index contributed by atoms with van der Waals surface area (Å²) in [6.45, 7) is 5.31. The zero-order valence-electron chi connectivity index (χ0n) is 20.1. The van der Waals surface area contributed by atoms with E-state index in [9.17, 15) is 10.1 Å². The van der Waals surface area contributed by atoms with Gasteiger partial charge in [0.05, 0.1) is 28.3 Å². The van der Waals surface area contributed by atoms with E-state index in [0.29, 0.717) is 45.8 Å². The molecule has 0 radical (unpaired) electrons. The van der Waals surface area contributed by atoms with Gasteiger partial charge in [0.2, 0.25) is 11.9 Å². The minimum Gasteiger partial charge on any atom is -0.370 e. The van der Waals surface area contributed by atoms with E-state index in [0.717, 1.165) is 44.5 Å². The Morgan fingerprint density at radius 1 is 1.26 bits per heavy atom. The molecule has 1 aromatic heterocycles. The van der Waals surface area contributed by atoms with Crippen molar-refractivity contribution in [2.45, 2.75) is 44.2 Å². The van der Waals surface area contributed by atoms with Crippen molar-refractivity contribution < 1.29 is 4.79 Å². The molecule has 0 unspecified atom stereocenters. The zero-order valence-corrected chi connectivity index (χ0v) is 20.9. The van der Waals surface area contributed by atoms with Gasteiger partial charge in [-0.1, -0.05) is 18.2 Å². The molecule has 35 heavy (non-hydrogen) atoms. The third-order valence-electron chi connectivity index (χ3n) is 6.67. The quantitative estimate of drug-likeness (QED) is 0.464. The summed E-state index contributed by atoms with van der Waals surface area (Å²) in [5.74, 6) is 0.467. The van der Waals surface area contributed by atoms with Crippen LogP contribution in [0, 0.1) is 11.3 Å². The fourth-order valence-electron chi connectivity index (χ4n) is 4.32. The van der Waals surface area contributed by atoms with Gasteiger partial charge >= 0.3 is 0 Å². The summed E-state index contributed by atoms with van der Waals surface area (Å²) in [5, 5.41) is 19.4. The van der Waals surface area contributed by atoms with E-state index in [2.05, 4.69) is 62.5 Å². The van der Waals surface area contributed by atoms with Crippen LogP contribution in [0.25, 0.3) is 0 Å². The summed E-state index contributed by atoms with van der Waals surface area (Å²) < 4.78 is 0. The lowest BCUT2D eigenvalue weighted by atomic mass is 9.93.